The third kappa shape index (κ3) is 2.53. The summed E-state index contributed by atoms with van der Waals surface area (Å²) >= 11 is 0. The first-order valence-corrected chi connectivity index (χ1v) is 7.59. The van der Waals surface area contributed by atoms with E-state index in [0.29, 0.717) is 5.92 Å². The van der Waals surface area contributed by atoms with Crippen LogP contribution in [0.5, 0.6) is 0 Å². The van der Waals surface area contributed by atoms with Gasteiger partial charge >= 0.3 is 0 Å². The van der Waals surface area contributed by atoms with Gasteiger partial charge in [-0.3, -0.25) is 0 Å². The first kappa shape index (κ1) is 12.0. The normalized spacial score (nSPS) is 34.8. The number of hydrogen-bond acceptors (Lipinski definition) is 2. The van der Waals surface area contributed by atoms with Crippen LogP contribution in [0.25, 0.3) is 0 Å². The van der Waals surface area contributed by atoms with E-state index in [1.54, 1.807) is 0 Å². The Kier molecular flexibility index (Phi) is 3.45. The minimum absolute atomic E-state index is 0.0560. The Morgan fingerprint density at radius 3 is 2.53 bits per heavy atom. The van der Waals surface area contributed by atoms with Crippen molar-refractivity contribution in [3.63, 3.8) is 0 Å². The second-order valence-corrected chi connectivity index (χ2v) is 6.59. The van der Waals surface area contributed by atoms with E-state index in [1.165, 1.54) is 44.9 Å². The van der Waals surface area contributed by atoms with Crippen LogP contribution in [0.15, 0.2) is 0 Å². The zero-order valence-electron chi connectivity index (χ0n) is 10.9. The molecule has 1 aliphatic heterocycles. The molecule has 2 aliphatic carbocycles. The van der Waals surface area contributed by atoms with Crippen molar-refractivity contribution in [2.24, 2.45) is 11.8 Å². The van der Waals surface area contributed by atoms with Crippen LogP contribution in [-0.2, 0) is 4.74 Å². The van der Waals surface area contributed by atoms with E-state index in [-0.39, 0.29) is 11.7 Å². The first-order chi connectivity index (χ1) is 8.27. The lowest BCUT2D eigenvalue weighted by molar-refractivity contribution is -0.158. The molecule has 2 nitrogen and oxygen atoms in total. The van der Waals surface area contributed by atoms with Crippen molar-refractivity contribution >= 4 is 0 Å². The second-order valence-electron chi connectivity index (χ2n) is 6.59. The van der Waals surface area contributed by atoms with E-state index in [4.69, 9.17) is 4.74 Å². The molecule has 1 spiro atoms. The van der Waals surface area contributed by atoms with Crippen molar-refractivity contribution in [1.29, 1.82) is 0 Å². The zero-order chi connectivity index (χ0) is 11.7. The molecule has 3 aliphatic rings. The molecule has 0 aromatic heterocycles. The third-order valence-corrected chi connectivity index (χ3v) is 5.39. The maximum Gasteiger partial charge on any atom is 0.0686 e. The Morgan fingerprint density at radius 1 is 1.12 bits per heavy atom. The molecule has 0 aromatic rings. The lowest BCUT2D eigenvalue weighted by Crippen LogP contribution is -2.47. The molecule has 0 amide bonds. The lowest BCUT2D eigenvalue weighted by Gasteiger charge is -2.48. The molecule has 1 N–H and O–H groups in total. The number of aliphatic hydroxyl groups excluding tert-OH is 1. The van der Waals surface area contributed by atoms with Crippen molar-refractivity contribution in [2.75, 3.05) is 6.61 Å². The molecule has 0 bridgehead atoms. The summed E-state index contributed by atoms with van der Waals surface area (Å²) in [6.45, 7) is 0.881. The van der Waals surface area contributed by atoms with E-state index in [0.717, 1.165) is 31.8 Å². The molecule has 1 saturated heterocycles. The molecule has 2 heteroatoms. The molecule has 1 heterocycles. The van der Waals surface area contributed by atoms with E-state index >= 15 is 0 Å². The topological polar surface area (TPSA) is 29.5 Å². The average Bonchev–Trinajstić information content (AvgIpc) is 2.80. The van der Waals surface area contributed by atoms with Gasteiger partial charge in [-0.25, -0.2) is 0 Å². The van der Waals surface area contributed by atoms with Gasteiger partial charge in [-0.1, -0.05) is 25.7 Å². The van der Waals surface area contributed by atoms with Gasteiger partial charge in [-0.05, 0) is 50.4 Å². The molecule has 17 heavy (non-hydrogen) atoms. The third-order valence-electron chi connectivity index (χ3n) is 5.39. The summed E-state index contributed by atoms with van der Waals surface area (Å²) in [7, 11) is 0. The summed E-state index contributed by atoms with van der Waals surface area (Å²) in [5.74, 6) is 1.33. The predicted molar refractivity (Wildman–Crippen MR) is 67.8 cm³/mol. The highest BCUT2D eigenvalue weighted by atomic mass is 16.5. The highest BCUT2D eigenvalue weighted by molar-refractivity contribution is 4.95. The fourth-order valence-electron chi connectivity index (χ4n) is 4.09. The maximum atomic E-state index is 10.4. The van der Waals surface area contributed by atoms with Gasteiger partial charge in [0.1, 0.15) is 0 Å². The minimum atomic E-state index is -0.0560. The van der Waals surface area contributed by atoms with E-state index in [1.807, 2.05) is 0 Å². The number of aliphatic hydroxyl groups is 1. The van der Waals surface area contributed by atoms with E-state index in [9.17, 15) is 5.11 Å². The van der Waals surface area contributed by atoms with Crippen LogP contribution >= 0.6 is 0 Å². The summed E-state index contributed by atoms with van der Waals surface area (Å²) in [6.07, 6.45) is 12.5. The molecular formula is C15H26O2. The largest absolute Gasteiger partial charge is 0.393 e. The van der Waals surface area contributed by atoms with Crippen LogP contribution in [0.3, 0.4) is 0 Å². The van der Waals surface area contributed by atoms with Gasteiger partial charge < -0.3 is 9.84 Å². The molecular weight excluding hydrogens is 212 g/mol. The summed E-state index contributed by atoms with van der Waals surface area (Å²) in [4.78, 5) is 0. The molecule has 0 radical (unpaired) electrons. The van der Waals surface area contributed by atoms with Gasteiger partial charge in [0.05, 0.1) is 11.7 Å². The molecule has 3 fully saturated rings. The van der Waals surface area contributed by atoms with Crippen LogP contribution in [0.1, 0.15) is 64.2 Å². The standard InChI is InChI=1S/C15H26O2/c16-14(10-12-4-1-2-5-12)13-6-9-17-15(11-13)7-3-8-15/h12-14,16H,1-11H2. The molecule has 0 aromatic carbocycles. The molecule has 2 atom stereocenters. The number of ether oxygens (including phenoxy) is 1. The Hall–Kier alpha value is -0.0800. The van der Waals surface area contributed by atoms with Crippen LogP contribution in [0.4, 0.5) is 0 Å². The van der Waals surface area contributed by atoms with Gasteiger partial charge in [0.2, 0.25) is 0 Å². The Balaban J connectivity index is 1.52. The maximum absolute atomic E-state index is 10.4. The van der Waals surface area contributed by atoms with Crippen molar-refractivity contribution in [3.05, 3.63) is 0 Å². The SMILES string of the molecule is OC(CC1CCCC1)C1CCOC2(CCC2)C1. The smallest absolute Gasteiger partial charge is 0.0686 e. The molecule has 98 valence electrons. The molecule has 3 rings (SSSR count). The van der Waals surface area contributed by atoms with Crippen molar-refractivity contribution in [2.45, 2.75) is 75.9 Å². The van der Waals surface area contributed by atoms with Gasteiger partial charge in [0.15, 0.2) is 0 Å². The monoisotopic (exact) mass is 238 g/mol. The Morgan fingerprint density at radius 2 is 1.88 bits per heavy atom. The van der Waals surface area contributed by atoms with Crippen molar-refractivity contribution < 1.29 is 9.84 Å². The zero-order valence-corrected chi connectivity index (χ0v) is 10.9. The lowest BCUT2D eigenvalue weighted by atomic mass is 9.70. The summed E-state index contributed by atoms with van der Waals surface area (Å²) in [6, 6.07) is 0. The van der Waals surface area contributed by atoms with Gasteiger partial charge in [0, 0.05) is 6.61 Å². The average molecular weight is 238 g/mol. The van der Waals surface area contributed by atoms with Crippen LogP contribution in [0.2, 0.25) is 0 Å². The first-order valence-electron chi connectivity index (χ1n) is 7.59. The minimum Gasteiger partial charge on any atom is -0.393 e. The van der Waals surface area contributed by atoms with Crippen LogP contribution in [-0.4, -0.2) is 23.4 Å². The van der Waals surface area contributed by atoms with Gasteiger partial charge in [-0.15, -0.1) is 0 Å². The highest BCUT2D eigenvalue weighted by Gasteiger charge is 2.44. The Bertz CT molecular complexity index is 254. The van der Waals surface area contributed by atoms with Gasteiger partial charge in [0.25, 0.3) is 0 Å². The highest BCUT2D eigenvalue weighted by Crippen LogP contribution is 2.45. The van der Waals surface area contributed by atoms with E-state index in [2.05, 4.69) is 0 Å². The quantitative estimate of drug-likeness (QED) is 0.817. The van der Waals surface area contributed by atoms with Gasteiger partial charge in [-0.2, -0.15) is 0 Å². The van der Waals surface area contributed by atoms with E-state index < -0.39 is 0 Å². The fraction of sp³-hybridized carbons (Fsp3) is 1.00. The summed E-state index contributed by atoms with van der Waals surface area (Å²) in [5, 5.41) is 10.4. The van der Waals surface area contributed by atoms with Crippen molar-refractivity contribution in [1.82, 2.24) is 0 Å². The Labute approximate surface area is 105 Å². The van der Waals surface area contributed by atoms with Crippen molar-refractivity contribution in [3.8, 4) is 0 Å². The number of rotatable bonds is 3. The number of hydrogen-bond donors (Lipinski definition) is 1. The van der Waals surface area contributed by atoms with Crippen LogP contribution in [0, 0.1) is 11.8 Å². The second kappa shape index (κ2) is 4.89. The molecule has 2 unspecified atom stereocenters. The van der Waals surface area contributed by atoms with Crippen LogP contribution < -0.4 is 0 Å². The fourth-order valence-corrected chi connectivity index (χ4v) is 4.09. The summed E-state index contributed by atoms with van der Waals surface area (Å²) < 4.78 is 5.94. The molecule has 2 saturated carbocycles. The predicted octanol–water partition coefficient (Wildman–Crippen LogP) is 3.28. The summed E-state index contributed by atoms with van der Waals surface area (Å²) in [5.41, 5.74) is 0.194.